The maximum atomic E-state index is 5.11. The van der Waals surface area contributed by atoms with Crippen molar-refractivity contribution in [1.82, 2.24) is 10.9 Å². The molecule has 0 aliphatic rings. The second kappa shape index (κ2) is 6.44. The zero-order valence-electron chi connectivity index (χ0n) is 5.88. The Bertz CT molecular complexity index is 106. The lowest BCUT2D eigenvalue weighted by Crippen LogP contribution is -2.48. The fraction of sp³-hybridized carbons (Fsp3) is 0.333. The van der Waals surface area contributed by atoms with Crippen molar-refractivity contribution in [3.8, 4) is 0 Å². The molecule has 0 aromatic rings. The lowest BCUT2D eigenvalue weighted by atomic mass is 10.3. The molecule has 0 radical (unpaired) electrons. The molecule has 0 bridgehead atoms. The third-order valence-electron chi connectivity index (χ3n) is 1.05. The first-order valence-corrected chi connectivity index (χ1v) is 3.05. The summed E-state index contributed by atoms with van der Waals surface area (Å²) in [5.74, 6) is 10.2. The smallest absolute Gasteiger partial charge is 0.0861 e. The Balaban J connectivity index is 3.43. The highest BCUT2D eigenvalue weighted by Crippen LogP contribution is 1.86. The average Bonchev–Trinajstić information content (AvgIpc) is 1.99. The molecular weight excluding hydrogens is 128 g/mol. The van der Waals surface area contributed by atoms with Gasteiger partial charge in [-0.2, -0.15) is 0 Å². The van der Waals surface area contributed by atoms with Gasteiger partial charge in [0, 0.05) is 0 Å². The van der Waals surface area contributed by atoms with Gasteiger partial charge in [-0.25, -0.2) is 10.9 Å². The first kappa shape index (κ1) is 9.32. The molecule has 0 aliphatic heterocycles. The van der Waals surface area contributed by atoms with E-state index in [1.165, 1.54) is 0 Å². The summed E-state index contributed by atoms with van der Waals surface area (Å²) >= 11 is 0. The van der Waals surface area contributed by atoms with E-state index in [0.29, 0.717) is 0 Å². The number of nitrogens with one attached hydrogen (secondary N) is 2. The number of allylic oxidation sites excluding steroid dienone is 2. The highest BCUT2D eigenvalue weighted by atomic mass is 15.4. The van der Waals surface area contributed by atoms with Gasteiger partial charge in [0.05, 0.1) is 6.17 Å². The maximum absolute atomic E-state index is 5.11. The van der Waals surface area contributed by atoms with Crippen molar-refractivity contribution < 1.29 is 0 Å². The van der Waals surface area contributed by atoms with Crippen LogP contribution in [0.4, 0.5) is 0 Å². The number of nitrogens with two attached hydrogens (primary N) is 2. The van der Waals surface area contributed by atoms with Crippen molar-refractivity contribution in [2.45, 2.75) is 12.6 Å². The van der Waals surface area contributed by atoms with Gasteiger partial charge in [0.2, 0.25) is 0 Å². The largest absolute Gasteiger partial charge is 0.270 e. The Kier molecular flexibility index (Phi) is 6.00. The van der Waals surface area contributed by atoms with Gasteiger partial charge < -0.3 is 0 Å². The van der Waals surface area contributed by atoms with Crippen LogP contribution in [0.3, 0.4) is 0 Å². The van der Waals surface area contributed by atoms with E-state index in [9.17, 15) is 0 Å². The van der Waals surface area contributed by atoms with Crippen LogP contribution in [0.1, 0.15) is 6.42 Å². The summed E-state index contributed by atoms with van der Waals surface area (Å²) < 4.78 is 0. The summed E-state index contributed by atoms with van der Waals surface area (Å²) in [6.07, 6.45) is 6.11. The van der Waals surface area contributed by atoms with E-state index in [-0.39, 0.29) is 6.17 Å². The molecule has 0 aliphatic carbocycles. The van der Waals surface area contributed by atoms with Gasteiger partial charge in [-0.05, 0) is 6.42 Å². The zero-order chi connectivity index (χ0) is 7.82. The molecule has 0 saturated carbocycles. The minimum absolute atomic E-state index is 0.0730. The van der Waals surface area contributed by atoms with Gasteiger partial charge in [-0.3, -0.25) is 11.7 Å². The third-order valence-corrected chi connectivity index (χ3v) is 1.05. The standard InChI is InChI=1S/C6H14N4/c1-2-3-4-5-6(9-7)10-8/h2-4,6,9-10H,1,5,7-8H2/b4-3-. The minimum Gasteiger partial charge on any atom is -0.270 e. The van der Waals surface area contributed by atoms with Crippen LogP contribution in [0.25, 0.3) is 0 Å². The van der Waals surface area contributed by atoms with E-state index in [2.05, 4.69) is 17.4 Å². The number of hydrogen-bond acceptors (Lipinski definition) is 4. The van der Waals surface area contributed by atoms with E-state index in [0.717, 1.165) is 6.42 Å². The van der Waals surface area contributed by atoms with Crippen LogP contribution >= 0.6 is 0 Å². The number of rotatable bonds is 5. The Hall–Kier alpha value is -0.680. The van der Waals surface area contributed by atoms with Crippen molar-refractivity contribution in [2.75, 3.05) is 0 Å². The Morgan fingerprint density at radius 2 is 2.00 bits per heavy atom. The molecule has 0 amide bonds. The van der Waals surface area contributed by atoms with E-state index in [4.69, 9.17) is 11.7 Å². The summed E-state index contributed by atoms with van der Waals surface area (Å²) in [5.41, 5.74) is 4.98. The second-order valence-corrected chi connectivity index (χ2v) is 1.79. The minimum atomic E-state index is -0.0730. The second-order valence-electron chi connectivity index (χ2n) is 1.79. The Morgan fingerprint density at radius 3 is 2.40 bits per heavy atom. The van der Waals surface area contributed by atoms with E-state index in [1.807, 2.05) is 12.2 Å². The number of hydrazine groups is 2. The van der Waals surface area contributed by atoms with Crippen LogP contribution in [0, 0.1) is 0 Å². The monoisotopic (exact) mass is 142 g/mol. The third kappa shape index (κ3) is 4.22. The van der Waals surface area contributed by atoms with E-state index < -0.39 is 0 Å². The van der Waals surface area contributed by atoms with Gasteiger partial charge >= 0.3 is 0 Å². The molecule has 10 heavy (non-hydrogen) atoms. The molecule has 0 aromatic carbocycles. The van der Waals surface area contributed by atoms with Gasteiger partial charge in [-0.1, -0.05) is 24.8 Å². The lowest BCUT2D eigenvalue weighted by molar-refractivity contribution is 0.447. The lowest BCUT2D eigenvalue weighted by Gasteiger charge is -2.10. The fourth-order valence-corrected chi connectivity index (χ4v) is 0.495. The molecule has 0 unspecified atom stereocenters. The van der Waals surface area contributed by atoms with E-state index in [1.54, 1.807) is 6.08 Å². The Morgan fingerprint density at radius 1 is 1.40 bits per heavy atom. The predicted molar refractivity (Wildman–Crippen MR) is 42.4 cm³/mol. The van der Waals surface area contributed by atoms with Crippen molar-refractivity contribution in [2.24, 2.45) is 11.7 Å². The van der Waals surface area contributed by atoms with Crippen LogP contribution in [-0.2, 0) is 0 Å². The Labute approximate surface area is 60.9 Å². The fourth-order valence-electron chi connectivity index (χ4n) is 0.495. The quantitative estimate of drug-likeness (QED) is 0.178. The molecule has 58 valence electrons. The highest BCUT2D eigenvalue weighted by molar-refractivity contribution is 4.97. The zero-order valence-corrected chi connectivity index (χ0v) is 5.88. The molecule has 6 N–H and O–H groups in total. The normalized spacial score (nSPS) is 11.1. The van der Waals surface area contributed by atoms with Crippen LogP contribution in [0.15, 0.2) is 24.8 Å². The topological polar surface area (TPSA) is 76.1 Å². The van der Waals surface area contributed by atoms with Gasteiger partial charge in [-0.15, -0.1) is 0 Å². The SMILES string of the molecule is C=C/C=C\CC(NN)NN. The highest BCUT2D eigenvalue weighted by Gasteiger charge is 1.96. The molecule has 0 saturated heterocycles. The number of hydrogen-bond donors (Lipinski definition) is 4. The van der Waals surface area contributed by atoms with Gasteiger partial charge in [0.15, 0.2) is 0 Å². The molecule has 0 spiro atoms. The summed E-state index contributed by atoms with van der Waals surface area (Å²) in [5, 5.41) is 0. The molecule has 0 aromatic heterocycles. The summed E-state index contributed by atoms with van der Waals surface area (Å²) in [6, 6.07) is 0. The van der Waals surface area contributed by atoms with Crippen molar-refractivity contribution >= 4 is 0 Å². The molecule has 0 rings (SSSR count). The predicted octanol–water partition coefficient (Wildman–Crippen LogP) is -0.629. The first-order chi connectivity index (χ1) is 4.85. The summed E-state index contributed by atoms with van der Waals surface area (Å²) in [4.78, 5) is 0. The van der Waals surface area contributed by atoms with Gasteiger partial charge in [0.25, 0.3) is 0 Å². The van der Waals surface area contributed by atoms with Crippen molar-refractivity contribution in [1.29, 1.82) is 0 Å². The van der Waals surface area contributed by atoms with E-state index >= 15 is 0 Å². The van der Waals surface area contributed by atoms with Crippen LogP contribution in [0.5, 0.6) is 0 Å². The first-order valence-electron chi connectivity index (χ1n) is 3.05. The van der Waals surface area contributed by atoms with Crippen molar-refractivity contribution in [3.63, 3.8) is 0 Å². The average molecular weight is 142 g/mol. The molecule has 0 atom stereocenters. The molecule has 0 fully saturated rings. The van der Waals surface area contributed by atoms with Crippen LogP contribution in [-0.4, -0.2) is 6.17 Å². The van der Waals surface area contributed by atoms with Crippen LogP contribution in [0.2, 0.25) is 0 Å². The molecular formula is C6H14N4. The van der Waals surface area contributed by atoms with Crippen molar-refractivity contribution in [3.05, 3.63) is 24.8 Å². The van der Waals surface area contributed by atoms with Gasteiger partial charge in [0.1, 0.15) is 0 Å². The summed E-state index contributed by atoms with van der Waals surface area (Å²) in [6.45, 7) is 3.52. The van der Waals surface area contributed by atoms with Crippen LogP contribution < -0.4 is 22.5 Å². The molecule has 4 nitrogen and oxygen atoms in total. The summed E-state index contributed by atoms with van der Waals surface area (Å²) in [7, 11) is 0. The molecule has 0 heterocycles. The molecule has 4 heteroatoms. The maximum Gasteiger partial charge on any atom is 0.0861 e.